The van der Waals surface area contributed by atoms with Gasteiger partial charge in [-0.2, -0.15) is 13.2 Å². The molecular formula is C14H16F4N2O. The van der Waals surface area contributed by atoms with Crippen LogP contribution in [0.5, 0.6) is 0 Å². The fraction of sp³-hybridized carbons (Fsp3) is 0.500. The SMILES string of the molecule is O=C(Nc1cc(C(F)(F)F)ccc1F)N1CCCCCC1. The van der Waals surface area contributed by atoms with Crippen LogP contribution in [0.3, 0.4) is 0 Å². The number of likely N-dealkylation sites (tertiary alicyclic amines) is 1. The first-order valence-electron chi connectivity index (χ1n) is 6.80. The maximum absolute atomic E-state index is 13.6. The Bertz CT molecular complexity index is 508. The first-order valence-corrected chi connectivity index (χ1v) is 6.80. The molecule has 1 saturated heterocycles. The highest BCUT2D eigenvalue weighted by Crippen LogP contribution is 2.31. The summed E-state index contributed by atoms with van der Waals surface area (Å²) in [6.45, 7) is 1.07. The normalized spacial score (nSPS) is 16.5. The van der Waals surface area contributed by atoms with E-state index >= 15 is 0 Å². The van der Waals surface area contributed by atoms with E-state index in [4.69, 9.17) is 0 Å². The van der Waals surface area contributed by atoms with Gasteiger partial charge in [0, 0.05) is 13.1 Å². The molecule has 116 valence electrons. The van der Waals surface area contributed by atoms with Gasteiger partial charge in [-0.3, -0.25) is 0 Å². The number of nitrogens with one attached hydrogen (secondary N) is 1. The maximum Gasteiger partial charge on any atom is 0.416 e. The highest BCUT2D eigenvalue weighted by atomic mass is 19.4. The van der Waals surface area contributed by atoms with Crippen LogP contribution in [0.2, 0.25) is 0 Å². The molecule has 2 amide bonds. The summed E-state index contributed by atoms with van der Waals surface area (Å²) < 4.78 is 51.4. The van der Waals surface area contributed by atoms with Crippen LogP contribution in [0, 0.1) is 5.82 Å². The average molecular weight is 304 g/mol. The summed E-state index contributed by atoms with van der Waals surface area (Å²) in [6.07, 6.45) is -0.851. The Labute approximate surface area is 119 Å². The predicted octanol–water partition coefficient (Wildman–Crippen LogP) is 4.25. The van der Waals surface area contributed by atoms with E-state index in [1.807, 2.05) is 0 Å². The minimum atomic E-state index is -4.57. The van der Waals surface area contributed by atoms with Crippen molar-refractivity contribution in [1.29, 1.82) is 0 Å². The number of hydrogen-bond acceptors (Lipinski definition) is 1. The number of amides is 2. The first-order chi connectivity index (χ1) is 9.88. The molecule has 1 heterocycles. The number of halogens is 4. The molecule has 0 atom stereocenters. The summed E-state index contributed by atoms with van der Waals surface area (Å²) >= 11 is 0. The fourth-order valence-corrected chi connectivity index (χ4v) is 2.27. The van der Waals surface area contributed by atoms with Crippen molar-refractivity contribution in [3.05, 3.63) is 29.6 Å². The highest BCUT2D eigenvalue weighted by Gasteiger charge is 2.31. The predicted molar refractivity (Wildman–Crippen MR) is 70.5 cm³/mol. The molecule has 7 heteroatoms. The molecule has 21 heavy (non-hydrogen) atoms. The van der Waals surface area contributed by atoms with Gasteiger partial charge in [-0.15, -0.1) is 0 Å². The van der Waals surface area contributed by atoms with Crippen molar-refractivity contribution in [2.75, 3.05) is 18.4 Å². The van der Waals surface area contributed by atoms with Gasteiger partial charge in [-0.25, -0.2) is 9.18 Å². The van der Waals surface area contributed by atoms with Gasteiger partial charge in [-0.1, -0.05) is 12.8 Å². The van der Waals surface area contributed by atoms with Gasteiger partial charge in [0.05, 0.1) is 11.3 Å². The molecule has 0 bridgehead atoms. The third kappa shape index (κ3) is 4.09. The molecule has 1 aliphatic heterocycles. The second-order valence-electron chi connectivity index (χ2n) is 5.02. The third-order valence-corrected chi connectivity index (χ3v) is 3.43. The number of carbonyl (C=O) groups excluding carboxylic acids is 1. The van der Waals surface area contributed by atoms with E-state index < -0.39 is 29.3 Å². The summed E-state index contributed by atoms with van der Waals surface area (Å²) in [5.74, 6) is -0.883. The van der Waals surface area contributed by atoms with Crippen LogP contribution in [0.1, 0.15) is 31.2 Å². The quantitative estimate of drug-likeness (QED) is 0.773. The van der Waals surface area contributed by atoms with Gasteiger partial charge in [0.15, 0.2) is 0 Å². The second kappa shape index (κ2) is 6.32. The number of benzene rings is 1. The van der Waals surface area contributed by atoms with E-state index in [0.29, 0.717) is 31.3 Å². The Hall–Kier alpha value is -1.79. The van der Waals surface area contributed by atoms with Crippen molar-refractivity contribution in [2.24, 2.45) is 0 Å². The summed E-state index contributed by atoms with van der Waals surface area (Å²) in [4.78, 5) is 13.5. The van der Waals surface area contributed by atoms with E-state index in [0.717, 1.165) is 25.7 Å². The van der Waals surface area contributed by atoms with Crippen molar-refractivity contribution in [1.82, 2.24) is 4.90 Å². The molecule has 1 fully saturated rings. The largest absolute Gasteiger partial charge is 0.416 e. The molecule has 1 aromatic rings. The van der Waals surface area contributed by atoms with Crippen LogP contribution in [0.4, 0.5) is 28.0 Å². The standard InChI is InChI=1S/C14H16F4N2O/c15-11-6-5-10(14(16,17)18)9-12(11)19-13(21)20-7-3-1-2-4-8-20/h5-6,9H,1-4,7-8H2,(H,19,21). The lowest BCUT2D eigenvalue weighted by molar-refractivity contribution is -0.137. The summed E-state index contributed by atoms with van der Waals surface area (Å²) in [5.41, 5.74) is -1.44. The molecule has 0 radical (unpaired) electrons. The molecule has 0 spiro atoms. The minimum absolute atomic E-state index is 0.445. The molecule has 1 N–H and O–H groups in total. The zero-order valence-electron chi connectivity index (χ0n) is 11.3. The van der Waals surface area contributed by atoms with Crippen LogP contribution in [-0.4, -0.2) is 24.0 Å². The lowest BCUT2D eigenvalue weighted by Crippen LogP contribution is -2.35. The van der Waals surface area contributed by atoms with Crippen LogP contribution in [-0.2, 0) is 6.18 Å². The summed E-state index contributed by atoms with van der Waals surface area (Å²) in [6, 6.07) is 1.41. The average Bonchev–Trinajstić information content (AvgIpc) is 2.68. The summed E-state index contributed by atoms with van der Waals surface area (Å²) in [7, 11) is 0. The van der Waals surface area contributed by atoms with Crippen LogP contribution >= 0.6 is 0 Å². The summed E-state index contributed by atoms with van der Waals surface area (Å²) in [5, 5.41) is 2.23. The Morgan fingerprint density at radius 3 is 2.29 bits per heavy atom. The van der Waals surface area contributed by atoms with E-state index in [1.54, 1.807) is 0 Å². The Morgan fingerprint density at radius 1 is 1.10 bits per heavy atom. The number of urea groups is 1. The Balaban J connectivity index is 2.12. The van der Waals surface area contributed by atoms with Gasteiger partial charge >= 0.3 is 12.2 Å². The van der Waals surface area contributed by atoms with Crippen molar-refractivity contribution in [3.63, 3.8) is 0 Å². The van der Waals surface area contributed by atoms with E-state index in [1.165, 1.54) is 4.90 Å². The highest BCUT2D eigenvalue weighted by molar-refractivity contribution is 5.89. The first kappa shape index (κ1) is 15.6. The molecule has 2 rings (SSSR count). The molecule has 0 aromatic heterocycles. The zero-order chi connectivity index (χ0) is 15.5. The van der Waals surface area contributed by atoms with Gasteiger partial charge < -0.3 is 10.2 Å². The van der Waals surface area contributed by atoms with E-state index in [2.05, 4.69) is 5.32 Å². The number of carbonyl (C=O) groups is 1. The van der Waals surface area contributed by atoms with Gasteiger partial charge in [-0.05, 0) is 31.0 Å². The fourth-order valence-electron chi connectivity index (χ4n) is 2.27. The van der Waals surface area contributed by atoms with E-state index in [9.17, 15) is 22.4 Å². The van der Waals surface area contributed by atoms with Crippen LogP contribution < -0.4 is 5.32 Å². The number of anilines is 1. The monoisotopic (exact) mass is 304 g/mol. The zero-order valence-corrected chi connectivity index (χ0v) is 11.3. The third-order valence-electron chi connectivity index (χ3n) is 3.43. The van der Waals surface area contributed by atoms with Gasteiger partial charge in [0.25, 0.3) is 0 Å². The number of nitrogens with zero attached hydrogens (tertiary/aromatic N) is 1. The van der Waals surface area contributed by atoms with Crippen LogP contribution in [0.25, 0.3) is 0 Å². The topological polar surface area (TPSA) is 32.3 Å². The smallest absolute Gasteiger partial charge is 0.325 e. The Kier molecular flexibility index (Phi) is 4.69. The number of alkyl halides is 3. The lowest BCUT2D eigenvalue weighted by atomic mass is 10.2. The number of hydrogen-bond donors (Lipinski definition) is 1. The second-order valence-corrected chi connectivity index (χ2v) is 5.02. The van der Waals surface area contributed by atoms with Crippen molar-refractivity contribution < 1.29 is 22.4 Å². The number of rotatable bonds is 1. The van der Waals surface area contributed by atoms with Crippen molar-refractivity contribution in [3.8, 4) is 0 Å². The van der Waals surface area contributed by atoms with E-state index in [-0.39, 0.29) is 0 Å². The molecule has 0 saturated carbocycles. The lowest BCUT2D eigenvalue weighted by Gasteiger charge is -2.21. The maximum atomic E-state index is 13.6. The molecule has 0 unspecified atom stereocenters. The minimum Gasteiger partial charge on any atom is -0.325 e. The molecule has 0 aliphatic carbocycles. The van der Waals surface area contributed by atoms with Crippen LogP contribution in [0.15, 0.2) is 18.2 Å². The molecule has 1 aromatic carbocycles. The van der Waals surface area contributed by atoms with Gasteiger partial charge in [0.2, 0.25) is 0 Å². The Morgan fingerprint density at radius 2 is 1.71 bits per heavy atom. The molecule has 1 aliphatic rings. The van der Waals surface area contributed by atoms with Crippen molar-refractivity contribution in [2.45, 2.75) is 31.9 Å². The van der Waals surface area contributed by atoms with Crippen molar-refractivity contribution >= 4 is 11.7 Å². The molecular weight excluding hydrogens is 288 g/mol. The molecule has 3 nitrogen and oxygen atoms in total. The van der Waals surface area contributed by atoms with Gasteiger partial charge in [0.1, 0.15) is 5.82 Å².